The van der Waals surface area contributed by atoms with Crippen molar-refractivity contribution in [1.29, 1.82) is 0 Å². The summed E-state index contributed by atoms with van der Waals surface area (Å²) in [6.45, 7) is 0. The minimum Gasteiger partial charge on any atom is -0.225 e. The lowest BCUT2D eigenvalue weighted by atomic mass is 10.4. The maximum atomic E-state index is 5.96. The monoisotopic (exact) mass is 334 g/mol. The first-order valence-corrected chi connectivity index (χ1v) is 6.63. The van der Waals surface area contributed by atoms with E-state index in [4.69, 9.17) is 23.2 Å². The molecule has 0 spiro atoms. The Hall–Kier alpha value is -0.290. The third-order valence-corrected chi connectivity index (χ3v) is 3.82. The van der Waals surface area contributed by atoms with Crippen LogP contribution >= 0.6 is 50.9 Å². The van der Waals surface area contributed by atoms with E-state index in [2.05, 4.69) is 25.9 Å². The third kappa shape index (κ3) is 3.10. The van der Waals surface area contributed by atoms with Gasteiger partial charge in [0.2, 0.25) is 5.28 Å². The second-order valence-electron chi connectivity index (χ2n) is 2.85. The summed E-state index contributed by atoms with van der Waals surface area (Å²) in [5, 5.41) is 1.35. The van der Waals surface area contributed by atoms with Gasteiger partial charge >= 0.3 is 0 Å². The second kappa shape index (κ2) is 5.36. The van der Waals surface area contributed by atoms with Crippen LogP contribution in [0.1, 0.15) is 0 Å². The number of halogens is 3. The van der Waals surface area contributed by atoms with E-state index in [9.17, 15) is 0 Å². The fraction of sp³-hybridized carbons (Fsp3) is 0. The molecule has 0 aliphatic rings. The van der Waals surface area contributed by atoms with Crippen LogP contribution in [0, 0.1) is 0 Å². The largest absolute Gasteiger partial charge is 0.225 e. The summed E-state index contributed by atoms with van der Waals surface area (Å²) >= 11 is 16.5. The molecular weight excluding hydrogens is 331 g/mol. The summed E-state index contributed by atoms with van der Waals surface area (Å²) < 4.78 is 1.03. The lowest BCUT2D eigenvalue weighted by Crippen LogP contribution is -1.86. The number of nitrogens with zero attached hydrogens (tertiary/aromatic N) is 2. The van der Waals surface area contributed by atoms with Gasteiger partial charge in [-0.1, -0.05) is 39.3 Å². The molecule has 6 heteroatoms. The third-order valence-electron chi connectivity index (χ3n) is 1.71. The van der Waals surface area contributed by atoms with Gasteiger partial charge in [0, 0.05) is 9.37 Å². The molecule has 0 fully saturated rings. The predicted octanol–water partition coefficient (Wildman–Crippen LogP) is 4.70. The van der Waals surface area contributed by atoms with E-state index in [0.29, 0.717) is 10.0 Å². The first-order chi connectivity index (χ1) is 7.65. The van der Waals surface area contributed by atoms with Gasteiger partial charge in [0.25, 0.3) is 0 Å². The summed E-state index contributed by atoms with van der Waals surface area (Å²) in [4.78, 5) is 8.90. The molecule has 0 saturated heterocycles. The Morgan fingerprint density at radius 1 is 1.12 bits per heavy atom. The van der Waals surface area contributed by atoms with Crippen LogP contribution in [-0.2, 0) is 0 Å². The van der Waals surface area contributed by atoms with Crippen molar-refractivity contribution in [2.75, 3.05) is 0 Å². The van der Waals surface area contributed by atoms with Gasteiger partial charge in [-0.25, -0.2) is 9.97 Å². The molecule has 0 saturated carbocycles. The first kappa shape index (κ1) is 12.2. The number of hydrogen-bond acceptors (Lipinski definition) is 3. The predicted molar refractivity (Wildman–Crippen MR) is 70.3 cm³/mol. The maximum Gasteiger partial charge on any atom is 0.223 e. The molecule has 82 valence electrons. The second-order valence-corrected chi connectivity index (χ2v) is 5.57. The lowest BCUT2D eigenvalue weighted by molar-refractivity contribution is 1.05. The standard InChI is InChI=1S/C10H5BrCl2N2S/c11-6-1-3-7(4-2-6)16-9-8(12)5-14-10(13)15-9/h1-5H. The summed E-state index contributed by atoms with van der Waals surface area (Å²) in [5.41, 5.74) is 0. The summed E-state index contributed by atoms with van der Waals surface area (Å²) in [5.74, 6) is 0. The van der Waals surface area contributed by atoms with Crippen molar-refractivity contribution in [2.24, 2.45) is 0 Å². The fourth-order valence-electron chi connectivity index (χ4n) is 1.02. The molecule has 0 aliphatic carbocycles. The van der Waals surface area contributed by atoms with Crippen molar-refractivity contribution in [2.45, 2.75) is 9.92 Å². The van der Waals surface area contributed by atoms with Gasteiger partial charge in [-0.2, -0.15) is 0 Å². The lowest BCUT2D eigenvalue weighted by Gasteiger charge is -2.03. The van der Waals surface area contributed by atoms with Crippen LogP contribution in [0.2, 0.25) is 10.3 Å². The highest BCUT2D eigenvalue weighted by atomic mass is 79.9. The SMILES string of the molecule is Clc1ncc(Cl)c(Sc2ccc(Br)cc2)n1. The van der Waals surface area contributed by atoms with Gasteiger partial charge in [0.05, 0.1) is 11.2 Å². The van der Waals surface area contributed by atoms with Gasteiger partial charge < -0.3 is 0 Å². The van der Waals surface area contributed by atoms with Crippen molar-refractivity contribution in [3.63, 3.8) is 0 Å². The molecular formula is C10H5BrCl2N2S. The van der Waals surface area contributed by atoms with Crippen LogP contribution in [-0.4, -0.2) is 9.97 Å². The Labute approximate surface area is 116 Å². The topological polar surface area (TPSA) is 25.8 Å². The summed E-state index contributed by atoms with van der Waals surface area (Å²) in [7, 11) is 0. The van der Waals surface area contributed by atoms with E-state index in [1.165, 1.54) is 18.0 Å². The van der Waals surface area contributed by atoms with Crippen molar-refractivity contribution in [3.05, 3.63) is 45.2 Å². The van der Waals surface area contributed by atoms with E-state index in [1.54, 1.807) is 0 Å². The summed E-state index contributed by atoms with van der Waals surface area (Å²) in [6.07, 6.45) is 1.50. The highest BCUT2D eigenvalue weighted by Gasteiger charge is 2.06. The molecule has 0 aliphatic heterocycles. The highest BCUT2D eigenvalue weighted by molar-refractivity contribution is 9.10. The Kier molecular flexibility index (Phi) is 4.08. The number of benzene rings is 1. The van der Waals surface area contributed by atoms with Crippen LogP contribution in [0.3, 0.4) is 0 Å². The van der Waals surface area contributed by atoms with Crippen LogP contribution in [0.5, 0.6) is 0 Å². The number of aromatic nitrogens is 2. The Morgan fingerprint density at radius 2 is 1.81 bits per heavy atom. The van der Waals surface area contributed by atoms with Crippen LogP contribution in [0.25, 0.3) is 0 Å². The fourth-order valence-corrected chi connectivity index (χ4v) is 2.45. The molecule has 0 atom stereocenters. The van der Waals surface area contributed by atoms with Crippen LogP contribution in [0.15, 0.2) is 44.9 Å². The molecule has 1 heterocycles. The number of hydrogen-bond donors (Lipinski definition) is 0. The normalized spacial score (nSPS) is 10.4. The number of rotatable bonds is 2. The molecule has 1 aromatic carbocycles. The zero-order valence-electron chi connectivity index (χ0n) is 7.82. The van der Waals surface area contributed by atoms with Gasteiger partial charge in [0.1, 0.15) is 5.03 Å². The molecule has 2 nitrogen and oxygen atoms in total. The molecule has 1 aromatic heterocycles. The molecule has 0 bridgehead atoms. The molecule has 2 aromatic rings. The molecule has 0 amide bonds. The van der Waals surface area contributed by atoms with Gasteiger partial charge in [-0.3, -0.25) is 0 Å². The Bertz CT molecular complexity index is 505. The van der Waals surface area contributed by atoms with Crippen LogP contribution in [0.4, 0.5) is 0 Å². The van der Waals surface area contributed by atoms with E-state index >= 15 is 0 Å². The summed E-state index contributed by atoms with van der Waals surface area (Å²) in [6, 6.07) is 7.86. The highest BCUT2D eigenvalue weighted by Crippen LogP contribution is 2.32. The minimum atomic E-state index is 0.198. The average molecular weight is 336 g/mol. The van der Waals surface area contributed by atoms with Crippen molar-refractivity contribution in [3.8, 4) is 0 Å². The maximum absolute atomic E-state index is 5.96. The molecule has 0 unspecified atom stereocenters. The zero-order valence-corrected chi connectivity index (χ0v) is 11.7. The van der Waals surface area contributed by atoms with E-state index in [1.807, 2.05) is 24.3 Å². The van der Waals surface area contributed by atoms with Crippen LogP contribution < -0.4 is 0 Å². The average Bonchev–Trinajstić information content (AvgIpc) is 2.27. The Morgan fingerprint density at radius 3 is 2.50 bits per heavy atom. The van der Waals surface area contributed by atoms with E-state index < -0.39 is 0 Å². The molecule has 16 heavy (non-hydrogen) atoms. The van der Waals surface area contributed by atoms with E-state index in [0.717, 1.165) is 9.37 Å². The molecule has 2 rings (SSSR count). The Balaban J connectivity index is 2.26. The van der Waals surface area contributed by atoms with Gasteiger partial charge in [-0.05, 0) is 35.9 Å². The molecule has 0 radical (unpaired) electrons. The molecule has 0 N–H and O–H groups in total. The van der Waals surface area contributed by atoms with Crippen molar-refractivity contribution in [1.82, 2.24) is 9.97 Å². The van der Waals surface area contributed by atoms with E-state index in [-0.39, 0.29) is 5.28 Å². The van der Waals surface area contributed by atoms with Crippen molar-refractivity contribution < 1.29 is 0 Å². The smallest absolute Gasteiger partial charge is 0.223 e. The first-order valence-electron chi connectivity index (χ1n) is 4.26. The quantitative estimate of drug-likeness (QED) is 0.587. The van der Waals surface area contributed by atoms with Crippen molar-refractivity contribution >= 4 is 50.9 Å². The van der Waals surface area contributed by atoms with Gasteiger partial charge in [-0.15, -0.1) is 0 Å². The zero-order chi connectivity index (χ0) is 11.5. The minimum absolute atomic E-state index is 0.198. The van der Waals surface area contributed by atoms with Gasteiger partial charge in [0.15, 0.2) is 0 Å².